The van der Waals surface area contributed by atoms with Gasteiger partial charge in [0, 0.05) is 12.5 Å². The monoisotopic (exact) mass is 369 g/mol. The zero-order chi connectivity index (χ0) is 19.7. The van der Waals surface area contributed by atoms with Crippen molar-refractivity contribution in [3.8, 4) is 5.75 Å². The maximum atomic E-state index is 11.9. The number of hydrogen-bond acceptors (Lipinski definition) is 4. The number of rotatable bonds is 8. The molecule has 5 heteroatoms. The minimum Gasteiger partial charge on any atom is -0.489 e. The second-order valence-corrected chi connectivity index (χ2v) is 7.37. The number of carbonyl (C=O) groups excluding carboxylic acids is 2. The third-order valence-electron chi connectivity index (χ3n) is 3.76. The fraction of sp³-hybridized carbons (Fsp3) is 0.364. The minimum absolute atomic E-state index is 0.228. The van der Waals surface area contributed by atoms with E-state index < -0.39 is 11.7 Å². The molecule has 0 aromatic heterocycles. The Balaban J connectivity index is 1.89. The van der Waals surface area contributed by atoms with Crippen molar-refractivity contribution < 1.29 is 19.1 Å². The van der Waals surface area contributed by atoms with Crippen LogP contribution in [0.5, 0.6) is 5.75 Å². The fourth-order valence-corrected chi connectivity index (χ4v) is 2.53. The van der Waals surface area contributed by atoms with Crippen molar-refractivity contribution in [3.05, 3.63) is 65.7 Å². The summed E-state index contributed by atoms with van der Waals surface area (Å²) in [5.41, 5.74) is 1.53. The van der Waals surface area contributed by atoms with Crippen molar-refractivity contribution >= 4 is 12.4 Å². The second kappa shape index (κ2) is 9.76. The van der Waals surface area contributed by atoms with E-state index in [1.807, 2.05) is 54.6 Å². The quantitative estimate of drug-likeness (QED) is 0.705. The number of aldehydes is 1. The van der Waals surface area contributed by atoms with Crippen LogP contribution in [0.4, 0.5) is 4.79 Å². The van der Waals surface area contributed by atoms with Crippen LogP contribution < -0.4 is 10.1 Å². The maximum Gasteiger partial charge on any atom is 0.407 e. The Hall–Kier alpha value is -2.82. The molecule has 2 aromatic rings. The third-order valence-corrected chi connectivity index (χ3v) is 3.76. The Morgan fingerprint density at radius 1 is 1.04 bits per heavy atom. The van der Waals surface area contributed by atoms with E-state index in [4.69, 9.17) is 9.47 Å². The van der Waals surface area contributed by atoms with Gasteiger partial charge in [-0.3, -0.25) is 0 Å². The molecule has 0 saturated heterocycles. The summed E-state index contributed by atoms with van der Waals surface area (Å²) in [6.45, 7) is 5.91. The molecule has 27 heavy (non-hydrogen) atoms. The molecule has 0 bridgehead atoms. The molecule has 1 N–H and O–H groups in total. The standard InChI is InChI=1S/C22H27NO4/c1-22(2,3)27-21(25)23-19(13-14-24)15-17-9-11-20(12-10-17)26-16-18-7-5-4-6-8-18/h4-12,14,19H,13,15-16H2,1-3H3,(H,23,25). The SMILES string of the molecule is CC(C)(C)OC(=O)NC(CC=O)Cc1ccc(OCc2ccccc2)cc1. The highest BCUT2D eigenvalue weighted by Gasteiger charge is 2.19. The average Bonchev–Trinajstić information content (AvgIpc) is 2.60. The largest absolute Gasteiger partial charge is 0.489 e. The van der Waals surface area contributed by atoms with Gasteiger partial charge in [0.05, 0.1) is 0 Å². The van der Waals surface area contributed by atoms with Crippen molar-refractivity contribution in [3.63, 3.8) is 0 Å². The molecule has 5 nitrogen and oxygen atoms in total. The number of hydrogen-bond donors (Lipinski definition) is 1. The molecule has 1 amide bonds. The molecule has 144 valence electrons. The lowest BCUT2D eigenvalue weighted by Crippen LogP contribution is -2.40. The summed E-state index contributed by atoms with van der Waals surface area (Å²) in [6.07, 6.45) is 1.05. The molecule has 0 aliphatic rings. The van der Waals surface area contributed by atoms with Crippen molar-refractivity contribution in [2.24, 2.45) is 0 Å². The van der Waals surface area contributed by atoms with E-state index in [-0.39, 0.29) is 12.5 Å². The molecule has 2 aromatic carbocycles. The summed E-state index contributed by atoms with van der Waals surface area (Å²) in [4.78, 5) is 22.9. The first-order valence-corrected chi connectivity index (χ1v) is 9.04. The lowest BCUT2D eigenvalue weighted by Gasteiger charge is -2.23. The van der Waals surface area contributed by atoms with Gasteiger partial charge in [-0.2, -0.15) is 0 Å². The summed E-state index contributed by atoms with van der Waals surface area (Å²) in [5, 5.41) is 2.76. The number of alkyl carbamates (subject to hydrolysis) is 1. The summed E-state index contributed by atoms with van der Waals surface area (Å²) in [7, 11) is 0. The highest BCUT2D eigenvalue weighted by molar-refractivity contribution is 5.68. The first-order valence-electron chi connectivity index (χ1n) is 9.04. The normalized spacial score (nSPS) is 12.1. The van der Waals surface area contributed by atoms with Gasteiger partial charge in [0.15, 0.2) is 0 Å². The zero-order valence-corrected chi connectivity index (χ0v) is 16.1. The Bertz CT molecular complexity index is 720. The summed E-state index contributed by atoms with van der Waals surface area (Å²) < 4.78 is 11.0. The molecule has 1 atom stereocenters. The highest BCUT2D eigenvalue weighted by Crippen LogP contribution is 2.16. The van der Waals surface area contributed by atoms with Gasteiger partial charge >= 0.3 is 6.09 Å². The molecule has 0 aliphatic heterocycles. The molecule has 0 saturated carbocycles. The van der Waals surface area contributed by atoms with Crippen molar-refractivity contribution in [1.29, 1.82) is 0 Å². The zero-order valence-electron chi connectivity index (χ0n) is 16.1. The van der Waals surface area contributed by atoms with Gasteiger partial charge in [-0.25, -0.2) is 4.79 Å². The molecule has 2 rings (SSSR count). The van der Waals surface area contributed by atoms with Crippen molar-refractivity contribution in [2.45, 2.75) is 51.9 Å². The number of ether oxygens (including phenoxy) is 2. The van der Waals surface area contributed by atoms with Gasteiger partial charge in [0.25, 0.3) is 0 Å². The summed E-state index contributed by atoms with van der Waals surface area (Å²) in [6, 6.07) is 17.3. The molecule has 1 unspecified atom stereocenters. The lowest BCUT2D eigenvalue weighted by atomic mass is 10.0. The Kier molecular flexibility index (Phi) is 7.41. The van der Waals surface area contributed by atoms with Crippen LogP contribution in [-0.4, -0.2) is 24.0 Å². The predicted molar refractivity (Wildman–Crippen MR) is 105 cm³/mol. The Labute approximate surface area is 160 Å². The van der Waals surface area contributed by atoms with Gasteiger partial charge < -0.3 is 19.6 Å². The number of carbonyl (C=O) groups is 2. The molecule has 0 aliphatic carbocycles. The van der Waals surface area contributed by atoms with E-state index in [1.54, 1.807) is 20.8 Å². The number of amides is 1. The lowest BCUT2D eigenvalue weighted by molar-refractivity contribution is -0.108. The van der Waals surface area contributed by atoms with Crippen molar-refractivity contribution in [2.75, 3.05) is 0 Å². The van der Waals surface area contributed by atoms with Crippen LogP contribution in [-0.2, 0) is 22.6 Å². The first-order chi connectivity index (χ1) is 12.9. The predicted octanol–water partition coefficient (Wildman–Crippen LogP) is 4.29. The van der Waals surface area contributed by atoms with Crippen LogP contribution in [0.15, 0.2) is 54.6 Å². The summed E-state index contributed by atoms with van der Waals surface area (Å²) in [5.74, 6) is 0.773. The van der Waals surface area contributed by atoms with Gasteiger partial charge in [-0.05, 0) is 50.5 Å². The van der Waals surface area contributed by atoms with E-state index in [1.165, 1.54) is 0 Å². The first kappa shape index (κ1) is 20.5. The van der Waals surface area contributed by atoms with E-state index in [0.717, 1.165) is 23.2 Å². The molecular formula is C22H27NO4. The molecule has 0 fully saturated rings. The Morgan fingerprint density at radius 2 is 1.70 bits per heavy atom. The number of nitrogens with one attached hydrogen (secondary N) is 1. The summed E-state index contributed by atoms with van der Waals surface area (Å²) >= 11 is 0. The third kappa shape index (κ3) is 7.94. The highest BCUT2D eigenvalue weighted by atomic mass is 16.6. The van der Waals surface area contributed by atoms with E-state index >= 15 is 0 Å². The van der Waals surface area contributed by atoms with Gasteiger partial charge in [0.2, 0.25) is 0 Å². The minimum atomic E-state index is -0.576. The second-order valence-electron chi connectivity index (χ2n) is 7.37. The molecule has 0 heterocycles. The van der Waals surface area contributed by atoms with Crippen LogP contribution in [0.1, 0.15) is 38.3 Å². The van der Waals surface area contributed by atoms with Gasteiger partial charge in [-0.15, -0.1) is 0 Å². The van der Waals surface area contributed by atoms with Crippen LogP contribution in [0.25, 0.3) is 0 Å². The molecule has 0 spiro atoms. The van der Waals surface area contributed by atoms with Crippen LogP contribution in [0.3, 0.4) is 0 Å². The molecule has 0 radical (unpaired) electrons. The smallest absolute Gasteiger partial charge is 0.407 e. The van der Waals surface area contributed by atoms with Gasteiger partial charge in [-0.1, -0.05) is 42.5 Å². The van der Waals surface area contributed by atoms with E-state index in [2.05, 4.69) is 5.32 Å². The van der Waals surface area contributed by atoms with Gasteiger partial charge in [0.1, 0.15) is 24.2 Å². The maximum absolute atomic E-state index is 11.9. The van der Waals surface area contributed by atoms with Crippen molar-refractivity contribution in [1.82, 2.24) is 5.32 Å². The van der Waals surface area contributed by atoms with Crippen LogP contribution in [0, 0.1) is 0 Å². The Morgan fingerprint density at radius 3 is 2.30 bits per heavy atom. The molecular weight excluding hydrogens is 342 g/mol. The van der Waals surface area contributed by atoms with Crippen LogP contribution in [0.2, 0.25) is 0 Å². The van der Waals surface area contributed by atoms with E-state index in [0.29, 0.717) is 13.0 Å². The fourth-order valence-electron chi connectivity index (χ4n) is 2.53. The number of benzene rings is 2. The topological polar surface area (TPSA) is 64.6 Å². The van der Waals surface area contributed by atoms with E-state index in [9.17, 15) is 9.59 Å². The average molecular weight is 369 g/mol. The van der Waals surface area contributed by atoms with Crippen LogP contribution >= 0.6 is 0 Å².